The molecule has 0 bridgehead atoms. The number of halogens is 1. The number of aliphatic carboxylic acids is 1. The van der Waals surface area contributed by atoms with Gasteiger partial charge in [0.15, 0.2) is 0 Å². The van der Waals surface area contributed by atoms with Crippen molar-refractivity contribution in [2.75, 3.05) is 6.54 Å². The Balaban J connectivity index is -0.000000213. The first-order chi connectivity index (χ1) is 3.80. The SMILES string of the molecule is C.O=C(O)[C@@H]1CCCN1.[Cl-].[Li+]. The smallest absolute Gasteiger partial charge is 1.00 e. The zero-order chi connectivity index (χ0) is 5.98. The molecule has 0 aromatic rings. The quantitative estimate of drug-likeness (QED) is 0.389. The van der Waals surface area contributed by atoms with Crippen molar-refractivity contribution in [3.63, 3.8) is 0 Å². The van der Waals surface area contributed by atoms with Gasteiger partial charge in [0.05, 0.1) is 0 Å². The molecule has 0 amide bonds. The summed E-state index contributed by atoms with van der Waals surface area (Å²) in [6, 6.07) is -0.269. The molecule has 1 saturated heterocycles. The Morgan fingerprint density at radius 2 is 2.09 bits per heavy atom. The van der Waals surface area contributed by atoms with Gasteiger partial charge >= 0.3 is 24.8 Å². The van der Waals surface area contributed by atoms with Crippen LogP contribution in [0.15, 0.2) is 0 Å². The van der Waals surface area contributed by atoms with Gasteiger partial charge in [0.1, 0.15) is 6.04 Å². The van der Waals surface area contributed by atoms with Crippen LogP contribution in [-0.4, -0.2) is 23.7 Å². The van der Waals surface area contributed by atoms with Gasteiger partial charge in [-0.15, -0.1) is 0 Å². The first-order valence-electron chi connectivity index (χ1n) is 2.77. The monoisotopic (exact) mass is 173 g/mol. The molecule has 0 saturated carbocycles. The Morgan fingerprint density at radius 3 is 2.27 bits per heavy atom. The van der Waals surface area contributed by atoms with E-state index in [1.165, 1.54) is 0 Å². The molecule has 0 unspecified atom stereocenters. The van der Waals surface area contributed by atoms with E-state index in [4.69, 9.17) is 5.11 Å². The van der Waals surface area contributed by atoms with Crippen LogP contribution in [-0.2, 0) is 4.79 Å². The van der Waals surface area contributed by atoms with Crippen molar-refractivity contribution in [2.45, 2.75) is 26.3 Å². The molecule has 1 atom stereocenters. The van der Waals surface area contributed by atoms with E-state index in [0.717, 1.165) is 19.4 Å². The number of carbonyl (C=O) groups is 1. The number of hydrogen-bond acceptors (Lipinski definition) is 2. The van der Waals surface area contributed by atoms with E-state index in [9.17, 15) is 4.79 Å². The van der Waals surface area contributed by atoms with Crippen LogP contribution in [0, 0.1) is 0 Å². The van der Waals surface area contributed by atoms with Crippen molar-refractivity contribution < 1.29 is 41.2 Å². The van der Waals surface area contributed by atoms with Crippen molar-refractivity contribution in [2.24, 2.45) is 0 Å². The fourth-order valence-corrected chi connectivity index (χ4v) is 0.895. The average molecular weight is 174 g/mol. The Labute approximate surface area is 85.5 Å². The zero-order valence-electron chi connectivity index (χ0n) is 5.93. The number of hydrogen-bond donors (Lipinski definition) is 2. The maximum absolute atomic E-state index is 10.1. The Hall–Kier alpha value is 0.317. The Morgan fingerprint density at radius 1 is 1.55 bits per heavy atom. The second kappa shape index (κ2) is 8.41. The van der Waals surface area contributed by atoms with Gasteiger partial charge in [0, 0.05) is 0 Å². The Bertz CT molecular complexity index is 107. The molecular formula is C6H13ClLiNO2. The molecule has 1 heterocycles. The second-order valence-electron chi connectivity index (χ2n) is 1.99. The first-order valence-corrected chi connectivity index (χ1v) is 2.77. The summed E-state index contributed by atoms with van der Waals surface area (Å²) >= 11 is 0. The number of rotatable bonds is 1. The molecule has 0 aliphatic carbocycles. The minimum atomic E-state index is -0.720. The molecule has 62 valence electrons. The normalized spacial score (nSPS) is 20.5. The van der Waals surface area contributed by atoms with Crippen molar-refractivity contribution in [1.82, 2.24) is 5.32 Å². The third-order valence-electron chi connectivity index (χ3n) is 1.36. The minimum Gasteiger partial charge on any atom is -1.00 e. The molecule has 1 aliphatic rings. The third kappa shape index (κ3) is 5.57. The summed E-state index contributed by atoms with van der Waals surface area (Å²) in [5.41, 5.74) is 0. The van der Waals surface area contributed by atoms with Crippen LogP contribution in [0.3, 0.4) is 0 Å². The summed E-state index contributed by atoms with van der Waals surface area (Å²) in [7, 11) is 0. The average Bonchev–Trinajstić information content (AvgIpc) is 2.12. The topological polar surface area (TPSA) is 49.3 Å². The standard InChI is InChI=1S/C5H9NO2.CH4.ClH.Li/c7-5(8)4-2-1-3-6-4;;;/h4,6H,1-3H2,(H,7,8);1H4;1H;/q;;;+1/p-1/t4-;;;/m0.../s1. The number of carboxylic acids is 1. The predicted octanol–water partition coefficient (Wildman–Crippen LogP) is -5.53. The van der Waals surface area contributed by atoms with E-state index in [2.05, 4.69) is 5.32 Å². The van der Waals surface area contributed by atoms with Gasteiger partial charge in [0.25, 0.3) is 0 Å². The van der Waals surface area contributed by atoms with Crippen LogP contribution in [0.1, 0.15) is 20.3 Å². The molecular weight excluding hydrogens is 160 g/mol. The zero-order valence-corrected chi connectivity index (χ0v) is 6.69. The fraction of sp³-hybridized carbons (Fsp3) is 0.833. The molecule has 0 aromatic heterocycles. The molecule has 0 spiro atoms. The van der Waals surface area contributed by atoms with Gasteiger partial charge in [0.2, 0.25) is 0 Å². The number of carboxylic acid groups (broad SMARTS) is 1. The van der Waals surface area contributed by atoms with Gasteiger partial charge in [-0.05, 0) is 19.4 Å². The molecule has 3 nitrogen and oxygen atoms in total. The minimum absolute atomic E-state index is 0. The third-order valence-corrected chi connectivity index (χ3v) is 1.36. The largest absolute Gasteiger partial charge is 1.00 e. The number of nitrogens with one attached hydrogen (secondary N) is 1. The van der Waals surface area contributed by atoms with Crippen molar-refractivity contribution in [3.05, 3.63) is 0 Å². The molecule has 1 rings (SSSR count). The van der Waals surface area contributed by atoms with E-state index < -0.39 is 5.97 Å². The van der Waals surface area contributed by atoms with Crippen LogP contribution in [0.2, 0.25) is 0 Å². The first kappa shape index (κ1) is 17.4. The maximum atomic E-state index is 10.1. The molecule has 2 N–H and O–H groups in total. The van der Waals surface area contributed by atoms with E-state index >= 15 is 0 Å². The molecule has 11 heavy (non-hydrogen) atoms. The summed E-state index contributed by atoms with van der Waals surface area (Å²) in [5.74, 6) is -0.720. The molecule has 0 aromatic carbocycles. The van der Waals surface area contributed by atoms with Crippen molar-refractivity contribution in [1.29, 1.82) is 0 Å². The molecule has 5 heteroatoms. The van der Waals surface area contributed by atoms with Gasteiger partial charge in [-0.25, -0.2) is 0 Å². The van der Waals surface area contributed by atoms with Crippen LogP contribution in [0.4, 0.5) is 0 Å². The van der Waals surface area contributed by atoms with Gasteiger partial charge in [-0.2, -0.15) is 0 Å². The predicted molar refractivity (Wildman–Crippen MR) is 35.4 cm³/mol. The fourth-order valence-electron chi connectivity index (χ4n) is 0.895. The van der Waals surface area contributed by atoms with Crippen LogP contribution in [0.5, 0.6) is 0 Å². The summed E-state index contributed by atoms with van der Waals surface area (Å²) in [6.45, 7) is 0.858. The van der Waals surface area contributed by atoms with Crippen molar-refractivity contribution >= 4 is 5.97 Å². The van der Waals surface area contributed by atoms with Gasteiger partial charge < -0.3 is 22.8 Å². The van der Waals surface area contributed by atoms with E-state index in [0.29, 0.717) is 0 Å². The summed E-state index contributed by atoms with van der Waals surface area (Å²) in [4.78, 5) is 10.1. The summed E-state index contributed by atoms with van der Waals surface area (Å²) in [6.07, 6.45) is 1.78. The van der Waals surface area contributed by atoms with Gasteiger partial charge in [-0.3, -0.25) is 4.79 Å². The summed E-state index contributed by atoms with van der Waals surface area (Å²) in [5, 5.41) is 11.2. The maximum Gasteiger partial charge on any atom is 1.00 e. The Kier molecular flexibility index (Phi) is 13.3. The molecule has 1 aliphatic heterocycles. The van der Waals surface area contributed by atoms with Crippen LogP contribution in [0.25, 0.3) is 0 Å². The van der Waals surface area contributed by atoms with E-state index in [-0.39, 0.29) is 44.7 Å². The van der Waals surface area contributed by atoms with Crippen LogP contribution < -0.4 is 36.6 Å². The molecule has 0 radical (unpaired) electrons. The van der Waals surface area contributed by atoms with Gasteiger partial charge in [-0.1, -0.05) is 7.43 Å². The van der Waals surface area contributed by atoms with Crippen molar-refractivity contribution in [3.8, 4) is 0 Å². The second-order valence-corrected chi connectivity index (χ2v) is 1.99. The van der Waals surface area contributed by atoms with Crippen LogP contribution >= 0.6 is 0 Å². The summed E-state index contributed by atoms with van der Waals surface area (Å²) < 4.78 is 0. The molecule has 1 fully saturated rings. The van der Waals surface area contributed by atoms with E-state index in [1.807, 2.05) is 0 Å². The van der Waals surface area contributed by atoms with E-state index in [1.54, 1.807) is 0 Å².